The molecule has 2 aromatic rings. The molecule has 7 heteroatoms. The molecule has 0 aliphatic carbocycles. The highest BCUT2D eigenvalue weighted by molar-refractivity contribution is 7.93. The summed E-state index contributed by atoms with van der Waals surface area (Å²) in [5, 5.41) is 0. The molecule has 2 aliphatic rings. The van der Waals surface area contributed by atoms with Crippen LogP contribution in [0.2, 0.25) is 0 Å². The van der Waals surface area contributed by atoms with E-state index in [1.807, 2.05) is 19.1 Å². The Morgan fingerprint density at radius 1 is 1.00 bits per heavy atom. The summed E-state index contributed by atoms with van der Waals surface area (Å²) in [6.07, 6.45) is -1.55. The highest BCUT2D eigenvalue weighted by atomic mass is 32.2. The van der Waals surface area contributed by atoms with Crippen molar-refractivity contribution in [1.29, 1.82) is 0 Å². The molecule has 0 radical (unpaired) electrons. The Labute approximate surface area is 146 Å². The minimum absolute atomic E-state index is 0.196. The van der Waals surface area contributed by atoms with Crippen LogP contribution in [0.25, 0.3) is 5.57 Å². The number of ether oxygens (including phenoxy) is 1. The molecule has 2 aliphatic heterocycles. The number of rotatable bonds is 3. The van der Waals surface area contributed by atoms with Gasteiger partial charge in [0.25, 0.3) is 10.0 Å². The van der Waals surface area contributed by atoms with Crippen molar-refractivity contribution in [2.45, 2.75) is 24.3 Å². The molecule has 0 amide bonds. The molecule has 0 saturated heterocycles. The van der Waals surface area contributed by atoms with Gasteiger partial charge in [0.15, 0.2) is 0 Å². The monoisotopic (exact) mass is 359 g/mol. The Kier molecular flexibility index (Phi) is 3.88. The van der Waals surface area contributed by atoms with Crippen molar-refractivity contribution in [3.8, 4) is 0 Å². The molecule has 0 bridgehead atoms. The van der Waals surface area contributed by atoms with Crippen molar-refractivity contribution in [3.63, 3.8) is 0 Å². The van der Waals surface area contributed by atoms with Gasteiger partial charge >= 0.3 is 0 Å². The van der Waals surface area contributed by atoms with Gasteiger partial charge in [0.1, 0.15) is 0 Å². The van der Waals surface area contributed by atoms with E-state index in [4.69, 9.17) is 14.5 Å². The summed E-state index contributed by atoms with van der Waals surface area (Å²) in [7, 11) is -2.31. The summed E-state index contributed by atoms with van der Waals surface area (Å²) in [6.45, 7) is 1.86. The molecule has 0 spiro atoms. The molecule has 0 N–H and O–H groups in total. The second kappa shape index (κ2) is 5.96. The van der Waals surface area contributed by atoms with Crippen LogP contribution in [0.1, 0.15) is 12.5 Å². The molecule has 2 atom stereocenters. The number of hydrogen-bond acceptors (Lipinski definition) is 5. The fraction of sp³-hybridized carbons (Fsp3) is 0.222. The third-order valence-corrected chi connectivity index (χ3v) is 6.19. The van der Waals surface area contributed by atoms with Gasteiger partial charge in [-0.25, -0.2) is 17.6 Å². The topological polar surface area (TPSA) is 65.1 Å². The van der Waals surface area contributed by atoms with Gasteiger partial charge in [-0.15, -0.1) is 0 Å². The number of anilines is 1. The lowest BCUT2D eigenvalue weighted by Crippen LogP contribution is -2.42. The van der Waals surface area contributed by atoms with Gasteiger partial charge in [-0.05, 0) is 30.7 Å². The SMILES string of the molecule is CO[C@H]1OO[C@H]2C(=C1C)c1ccccc1N2S(=O)(=O)c1ccccc1. The zero-order valence-corrected chi connectivity index (χ0v) is 14.6. The van der Waals surface area contributed by atoms with Gasteiger partial charge in [0.2, 0.25) is 12.5 Å². The molecular formula is C18H17NO5S. The Hall–Kier alpha value is -2.19. The van der Waals surface area contributed by atoms with Gasteiger partial charge in [-0.3, -0.25) is 0 Å². The molecule has 0 fully saturated rings. The highest BCUT2D eigenvalue weighted by Crippen LogP contribution is 2.47. The van der Waals surface area contributed by atoms with E-state index in [1.54, 1.807) is 42.5 Å². The predicted octanol–water partition coefficient (Wildman–Crippen LogP) is 2.93. The van der Waals surface area contributed by atoms with Crippen LogP contribution >= 0.6 is 0 Å². The van der Waals surface area contributed by atoms with Crippen LogP contribution in [0.4, 0.5) is 5.69 Å². The molecular weight excluding hydrogens is 342 g/mol. The summed E-state index contributed by atoms with van der Waals surface area (Å²) >= 11 is 0. The van der Waals surface area contributed by atoms with Crippen LogP contribution in [0.3, 0.4) is 0 Å². The second-order valence-electron chi connectivity index (χ2n) is 5.84. The Balaban J connectivity index is 1.93. The first-order valence-corrected chi connectivity index (χ1v) is 9.24. The average molecular weight is 359 g/mol. The molecule has 2 heterocycles. The summed E-state index contributed by atoms with van der Waals surface area (Å²) in [5.41, 5.74) is 2.91. The number of nitrogens with zero attached hydrogens (tertiary/aromatic N) is 1. The van der Waals surface area contributed by atoms with E-state index < -0.39 is 22.5 Å². The number of hydrogen-bond donors (Lipinski definition) is 0. The minimum atomic E-state index is -3.82. The average Bonchev–Trinajstić information content (AvgIpc) is 2.98. The van der Waals surface area contributed by atoms with E-state index in [1.165, 1.54) is 11.4 Å². The molecule has 6 nitrogen and oxygen atoms in total. The maximum Gasteiger partial charge on any atom is 0.266 e. The van der Waals surface area contributed by atoms with E-state index in [-0.39, 0.29) is 4.90 Å². The second-order valence-corrected chi connectivity index (χ2v) is 7.66. The first-order chi connectivity index (χ1) is 12.1. The summed E-state index contributed by atoms with van der Waals surface area (Å²) in [5.74, 6) is 0. The zero-order valence-electron chi connectivity index (χ0n) is 13.7. The molecule has 25 heavy (non-hydrogen) atoms. The van der Waals surface area contributed by atoms with Gasteiger partial charge in [0.05, 0.1) is 10.6 Å². The lowest BCUT2D eigenvalue weighted by atomic mass is 10.0. The van der Waals surface area contributed by atoms with Crippen molar-refractivity contribution in [2.75, 3.05) is 11.4 Å². The smallest absolute Gasteiger partial charge is 0.266 e. The van der Waals surface area contributed by atoms with Gasteiger partial charge < -0.3 is 4.74 Å². The molecule has 130 valence electrons. The lowest BCUT2D eigenvalue weighted by molar-refractivity contribution is -0.380. The number of para-hydroxylation sites is 1. The van der Waals surface area contributed by atoms with Crippen molar-refractivity contribution < 1.29 is 22.9 Å². The van der Waals surface area contributed by atoms with Crippen LogP contribution in [-0.2, 0) is 24.5 Å². The molecule has 0 unspecified atom stereocenters. The zero-order chi connectivity index (χ0) is 17.6. The van der Waals surface area contributed by atoms with Crippen molar-refractivity contribution in [3.05, 3.63) is 65.7 Å². The molecule has 2 aromatic carbocycles. The maximum atomic E-state index is 13.2. The number of fused-ring (bicyclic) bond motifs is 3. The number of sulfonamides is 1. The van der Waals surface area contributed by atoms with Crippen molar-refractivity contribution in [2.24, 2.45) is 0 Å². The van der Waals surface area contributed by atoms with E-state index in [0.29, 0.717) is 5.69 Å². The standard InChI is InChI=1S/C18H17NO5S/c1-12-16-14-10-6-7-11-15(14)19(17(16)23-24-18(12)22-2)25(20,21)13-8-4-3-5-9-13/h3-11,17-18H,1-2H3/t17-,18-/m0/s1. The Morgan fingerprint density at radius 3 is 2.40 bits per heavy atom. The third kappa shape index (κ3) is 2.39. The first-order valence-electron chi connectivity index (χ1n) is 7.80. The summed E-state index contributed by atoms with van der Waals surface area (Å²) in [4.78, 5) is 10.9. The maximum absolute atomic E-state index is 13.2. The van der Waals surface area contributed by atoms with E-state index in [2.05, 4.69) is 0 Å². The summed E-state index contributed by atoms with van der Waals surface area (Å²) in [6, 6.07) is 15.6. The van der Waals surface area contributed by atoms with Gasteiger partial charge in [-0.2, -0.15) is 4.89 Å². The third-order valence-electron chi connectivity index (χ3n) is 4.42. The van der Waals surface area contributed by atoms with Crippen LogP contribution in [-0.4, -0.2) is 28.0 Å². The van der Waals surface area contributed by atoms with Gasteiger partial charge in [0, 0.05) is 18.2 Å². The molecule has 4 rings (SSSR count). The van der Waals surface area contributed by atoms with Crippen LogP contribution in [0.15, 0.2) is 65.1 Å². The largest absolute Gasteiger partial charge is 0.350 e. The molecule has 0 saturated carbocycles. The Bertz CT molecular complexity index is 939. The highest BCUT2D eigenvalue weighted by Gasteiger charge is 2.47. The van der Waals surface area contributed by atoms with Crippen LogP contribution in [0, 0.1) is 0 Å². The first kappa shape index (κ1) is 16.3. The predicted molar refractivity (Wildman–Crippen MR) is 91.9 cm³/mol. The van der Waals surface area contributed by atoms with E-state index in [9.17, 15) is 8.42 Å². The number of benzene rings is 2. The minimum Gasteiger partial charge on any atom is -0.350 e. The fourth-order valence-electron chi connectivity index (χ4n) is 3.24. The quantitative estimate of drug-likeness (QED) is 0.789. The normalized spacial score (nSPS) is 22.7. The van der Waals surface area contributed by atoms with Crippen LogP contribution in [0.5, 0.6) is 0 Å². The summed E-state index contributed by atoms with van der Waals surface area (Å²) < 4.78 is 33.0. The lowest BCUT2D eigenvalue weighted by Gasteiger charge is -2.32. The van der Waals surface area contributed by atoms with E-state index in [0.717, 1.165) is 16.7 Å². The van der Waals surface area contributed by atoms with Crippen molar-refractivity contribution >= 4 is 21.3 Å². The fourth-order valence-corrected chi connectivity index (χ4v) is 4.78. The Morgan fingerprint density at radius 2 is 1.68 bits per heavy atom. The number of methoxy groups -OCH3 is 1. The van der Waals surface area contributed by atoms with Crippen LogP contribution < -0.4 is 4.31 Å². The van der Waals surface area contributed by atoms with Gasteiger partial charge in [-0.1, -0.05) is 36.4 Å². The molecule has 0 aromatic heterocycles. The van der Waals surface area contributed by atoms with Crippen molar-refractivity contribution in [1.82, 2.24) is 0 Å². The van der Waals surface area contributed by atoms with E-state index >= 15 is 0 Å².